The number of carbonyl (C=O) groups is 2. The van der Waals surface area contributed by atoms with E-state index in [4.69, 9.17) is 5.11 Å². The minimum Gasteiger partial charge on any atom is -0.480 e. The number of aliphatic carboxylic acids is 1. The number of amides is 1. The Morgan fingerprint density at radius 1 is 1.53 bits per heavy atom. The van der Waals surface area contributed by atoms with E-state index in [0.717, 1.165) is 10.4 Å². The van der Waals surface area contributed by atoms with Crippen molar-refractivity contribution in [1.82, 2.24) is 5.32 Å². The van der Waals surface area contributed by atoms with Crippen LogP contribution in [0.4, 0.5) is 0 Å². The lowest BCUT2D eigenvalue weighted by molar-refractivity contribution is -0.142. The summed E-state index contributed by atoms with van der Waals surface area (Å²) in [6.07, 6.45) is 3.80. The molecule has 1 aromatic heterocycles. The van der Waals surface area contributed by atoms with Gasteiger partial charge in [-0.05, 0) is 35.9 Å². The van der Waals surface area contributed by atoms with E-state index in [-0.39, 0.29) is 11.8 Å². The van der Waals surface area contributed by atoms with Gasteiger partial charge in [-0.3, -0.25) is 4.79 Å². The van der Waals surface area contributed by atoms with Gasteiger partial charge in [0.15, 0.2) is 0 Å². The lowest BCUT2D eigenvalue weighted by Crippen LogP contribution is -2.44. The minimum atomic E-state index is -0.997. The molecule has 2 atom stereocenters. The Kier molecular flexibility index (Phi) is 5.76. The molecule has 2 unspecified atom stereocenters. The molecule has 1 heterocycles. The second-order valence-electron chi connectivity index (χ2n) is 4.51. The molecule has 0 spiro atoms. The molecule has 0 saturated heterocycles. The Labute approximate surface area is 117 Å². The van der Waals surface area contributed by atoms with Crippen LogP contribution in [-0.2, 0) is 9.59 Å². The summed E-state index contributed by atoms with van der Waals surface area (Å²) in [5, 5.41) is 13.6. The van der Waals surface area contributed by atoms with Crippen molar-refractivity contribution in [2.45, 2.75) is 33.2 Å². The normalized spacial score (nSPS) is 14.3. The van der Waals surface area contributed by atoms with Gasteiger partial charge in [0.05, 0.1) is 0 Å². The summed E-state index contributed by atoms with van der Waals surface area (Å²) in [5.74, 6) is -1.47. The van der Waals surface area contributed by atoms with E-state index in [0.29, 0.717) is 6.42 Å². The van der Waals surface area contributed by atoms with Crippen LogP contribution < -0.4 is 5.32 Å². The highest BCUT2D eigenvalue weighted by Crippen LogP contribution is 2.17. The van der Waals surface area contributed by atoms with Gasteiger partial charge in [0.1, 0.15) is 6.04 Å². The van der Waals surface area contributed by atoms with Crippen molar-refractivity contribution in [2.24, 2.45) is 5.92 Å². The largest absolute Gasteiger partial charge is 0.480 e. The fraction of sp³-hybridized carbons (Fsp3) is 0.429. The molecule has 19 heavy (non-hydrogen) atoms. The van der Waals surface area contributed by atoms with E-state index in [1.807, 2.05) is 32.2 Å². The fourth-order valence-electron chi connectivity index (χ4n) is 1.59. The molecule has 104 valence electrons. The van der Waals surface area contributed by atoms with Crippen LogP contribution in [0.3, 0.4) is 0 Å². The summed E-state index contributed by atoms with van der Waals surface area (Å²) in [7, 11) is 0. The highest BCUT2D eigenvalue weighted by Gasteiger charge is 2.24. The molecule has 0 saturated carbocycles. The second kappa shape index (κ2) is 7.09. The number of carboxylic acid groups (broad SMARTS) is 1. The molecule has 1 rings (SSSR count). The van der Waals surface area contributed by atoms with Gasteiger partial charge in [-0.1, -0.05) is 20.3 Å². The van der Waals surface area contributed by atoms with E-state index in [2.05, 4.69) is 5.32 Å². The highest BCUT2D eigenvalue weighted by molar-refractivity contribution is 7.11. The first-order chi connectivity index (χ1) is 8.95. The van der Waals surface area contributed by atoms with Crippen molar-refractivity contribution in [1.29, 1.82) is 0 Å². The molecule has 0 bridgehead atoms. The molecule has 0 aliphatic rings. The number of rotatable bonds is 6. The summed E-state index contributed by atoms with van der Waals surface area (Å²) in [4.78, 5) is 23.8. The molecule has 2 N–H and O–H groups in total. The van der Waals surface area contributed by atoms with Crippen LogP contribution in [0.25, 0.3) is 6.08 Å². The van der Waals surface area contributed by atoms with Crippen molar-refractivity contribution in [3.8, 4) is 0 Å². The van der Waals surface area contributed by atoms with Crippen LogP contribution in [0, 0.1) is 12.8 Å². The van der Waals surface area contributed by atoms with Crippen LogP contribution in [0.5, 0.6) is 0 Å². The van der Waals surface area contributed by atoms with Crippen LogP contribution >= 0.6 is 11.3 Å². The summed E-state index contributed by atoms with van der Waals surface area (Å²) in [6.45, 7) is 5.68. The van der Waals surface area contributed by atoms with Crippen LogP contribution in [-0.4, -0.2) is 23.0 Å². The van der Waals surface area contributed by atoms with Gasteiger partial charge in [0, 0.05) is 11.0 Å². The number of thiophene rings is 1. The van der Waals surface area contributed by atoms with Gasteiger partial charge in [0.25, 0.3) is 0 Å². The molecule has 0 aliphatic heterocycles. The molecular weight excluding hydrogens is 262 g/mol. The van der Waals surface area contributed by atoms with Crippen molar-refractivity contribution < 1.29 is 14.7 Å². The third-order valence-electron chi connectivity index (χ3n) is 3.06. The van der Waals surface area contributed by atoms with Gasteiger partial charge in [-0.2, -0.15) is 0 Å². The average molecular weight is 281 g/mol. The van der Waals surface area contributed by atoms with E-state index in [9.17, 15) is 9.59 Å². The van der Waals surface area contributed by atoms with Crippen LogP contribution in [0.1, 0.15) is 30.7 Å². The fourth-order valence-corrected chi connectivity index (χ4v) is 2.41. The maximum absolute atomic E-state index is 11.7. The van der Waals surface area contributed by atoms with E-state index < -0.39 is 12.0 Å². The van der Waals surface area contributed by atoms with Gasteiger partial charge < -0.3 is 10.4 Å². The zero-order valence-corrected chi connectivity index (χ0v) is 12.2. The molecule has 0 aromatic carbocycles. The van der Waals surface area contributed by atoms with Gasteiger partial charge in [-0.15, -0.1) is 11.3 Å². The molecule has 5 heteroatoms. The maximum Gasteiger partial charge on any atom is 0.326 e. The summed E-state index contributed by atoms with van der Waals surface area (Å²) in [6, 6.07) is 1.13. The van der Waals surface area contributed by atoms with E-state index >= 15 is 0 Å². The summed E-state index contributed by atoms with van der Waals surface area (Å²) >= 11 is 1.54. The van der Waals surface area contributed by atoms with Crippen molar-refractivity contribution in [3.05, 3.63) is 28.0 Å². The predicted molar refractivity (Wildman–Crippen MR) is 77.1 cm³/mol. The summed E-state index contributed by atoms with van der Waals surface area (Å²) in [5.41, 5.74) is 1.10. The first-order valence-corrected chi connectivity index (χ1v) is 7.09. The number of carbonyl (C=O) groups excluding carboxylic acids is 1. The SMILES string of the molecule is CCC(C)C(NC(=O)/C=C/c1sccc1C)C(=O)O. The Balaban J connectivity index is 2.66. The molecular formula is C14H19NO3S. The summed E-state index contributed by atoms with van der Waals surface area (Å²) < 4.78 is 0. The highest BCUT2D eigenvalue weighted by atomic mass is 32.1. The van der Waals surface area contributed by atoms with Gasteiger partial charge in [-0.25, -0.2) is 4.79 Å². The van der Waals surface area contributed by atoms with Crippen molar-refractivity contribution >= 4 is 29.3 Å². The molecule has 0 fully saturated rings. The molecule has 0 aliphatic carbocycles. The lowest BCUT2D eigenvalue weighted by atomic mass is 9.99. The Bertz CT molecular complexity index is 479. The monoisotopic (exact) mass is 281 g/mol. The maximum atomic E-state index is 11.7. The van der Waals surface area contributed by atoms with Gasteiger partial charge in [0.2, 0.25) is 5.91 Å². The van der Waals surface area contributed by atoms with E-state index in [1.54, 1.807) is 17.4 Å². The van der Waals surface area contributed by atoms with Crippen molar-refractivity contribution in [2.75, 3.05) is 0 Å². The lowest BCUT2D eigenvalue weighted by Gasteiger charge is -2.19. The molecule has 0 radical (unpaired) electrons. The zero-order valence-electron chi connectivity index (χ0n) is 11.3. The molecule has 4 nitrogen and oxygen atoms in total. The Morgan fingerprint density at radius 2 is 2.21 bits per heavy atom. The van der Waals surface area contributed by atoms with Crippen LogP contribution in [0.15, 0.2) is 17.5 Å². The first kappa shape index (κ1) is 15.4. The Hall–Kier alpha value is -1.62. The van der Waals surface area contributed by atoms with Gasteiger partial charge >= 0.3 is 5.97 Å². The smallest absolute Gasteiger partial charge is 0.326 e. The number of aryl methyl sites for hydroxylation is 1. The topological polar surface area (TPSA) is 66.4 Å². The molecule has 1 amide bonds. The van der Waals surface area contributed by atoms with E-state index in [1.165, 1.54) is 6.08 Å². The number of nitrogens with one attached hydrogen (secondary N) is 1. The molecule has 1 aromatic rings. The number of hydrogen-bond donors (Lipinski definition) is 2. The minimum absolute atomic E-state index is 0.0988. The third kappa shape index (κ3) is 4.52. The third-order valence-corrected chi connectivity index (χ3v) is 4.05. The average Bonchev–Trinajstić information content (AvgIpc) is 2.77. The first-order valence-electron chi connectivity index (χ1n) is 6.21. The van der Waals surface area contributed by atoms with Crippen molar-refractivity contribution in [3.63, 3.8) is 0 Å². The number of carboxylic acids is 1. The second-order valence-corrected chi connectivity index (χ2v) is 5.46. The predicted octanol–water partition coefficient (Wildman–Crippen LogP) is 2.69. The zero-order chi connectivity index (χ0) is 14.4. The number of hydrogen-bond acceptors (Lipinski definition) is 3. The van der Waals surface area contributed by atoms with Crippen LogP contribution in [0.2, 0.25) is 0 Å². The Morgan fingerprint density at radius 3 is 2.68 bits per heavy atom. The standard InChI is InChI=1S/C14H19NO3S/c1-4-9(2)13(14(17)18)15-12(16)6-5-11-10(3)7-8-19-11/h5-9,13H,4H2,1-3H3,(H,15,16)(H,17,18)/b6-5+. The quantitative estimate of drug-likeness (QED) is 0.788.